The van der Waals surface area contributed by atoms with Crippen molar-refractivity contribution in [1.82, 2.24) is 0 Å². The van der Waals surface area contributed by atoms with E-state index in [9.17, 15) is 9.59 Å². The molecule has 5 nitrogen and oxygen atoms in total. The number of azo groups is 1. The molecule has 0 aliphatic carbocycles. The van der Waals surface area contributed by atoms with Crippen molar-refractivity contribution < 1.29 is 14.7 Å². The molecule has 0 aliphatic heterocycles. The molecule has 0 amide bonds. The van der Waals surface area contributed by atoms with Gasteiger partial charge in [0.15, 0.2) is 5.78 Å². The summed E-state index contributed by atoms with van der Waals surface area (Å²) in [6.45, 7) is 1.17. The fourth-order valence-corrected chi connectivity index (χ4v) is 1.35. The monoisotopic (exact) mass is 284 g/mol. The SMILES string of the molecule is CC(=O)C(N=Nc1cccc(Br)c1)C(=O)O. The molecule has 1 unspecified atom stereocenters. The smallest absolute Gasteiger partial charge is 0.338 e. The summed E-state index contributed by atoms with van der Waals surface area (Å²) >= 11 is 3.24. The number of ketones is 1. The van der Waals surface area contributed by atoms with Crippen molar-refractivity contribution in [3.05, 3.63) is 28.7 Å². The van der Waals surface area contributed by atoms with E-state index in [1.54, 1.807) is 24.3 Å². The number of nitrogens with zero attached hydrogens (tertiary/aromatic N) is 2. The van der Waals surface area contributed by atoms with E-state index in [0.717, 1.165) is 4.47 Å². The van der Waals surface area contributed by atoms with Crippen molar-refractivity contribution in [1.29, 1.82) is 0 Å². The van der Waals surface area contributed by atoms with E-state index >= 15 is 0 Å². The van der Waals surface area contributed by atoms with Gasteiger partial charge in [0, 0.05) is 4.47 Å². The van der Waals surface area contributed by atoms with Crippen LogP contribution < -0.4 is 0 Å². The minimum atomic E-state index is -1.43. The number of carboxylic acids is 1. The van der Waals surface area contributed by atoms with Gasteiger partial charge in [0.25, 0.3) is 0 Å². The van der Waals surface area contributed by atoms with E-state index in [1.807, 2.05) is 0 Å². The van der Waals surface area contributed by atoms with Gasteiger partial charge in [-0.25, -0.2) is 4.79 Å². The molecule has 1 atom stereocenters. The highest BCUT2D eigenvalue weighted by Gasteiger charge is 2.21. The van der Waals surface area contributed by atoms with Gasteiger partial charge >= 0.3 is 5.97 Å². The van der Waals surface area contributed by atoms with Crippen molar-refractivity contribution in [3.63, 3.8) is 0 Å². The first-order valence-corrected chi connectivity index (χ1v) is 5.19. The molecule has 0 bridgehead atoms. The third-order valence-corrected chi connectivity index (χ3v) is 2.21. The first kappa shape index (κ1) is 12.5. The molecule has 0 aromatic heterocycles. The number of aliphatic carboxylic acids is 1. The van der Waals surface area contributed by atoms with E-state index in [0.29, 0.717) is 5.69 Å². The van der Waals surface area contributed by atoms with Crippen molar-refractivity contribution in [2.45, 2.75) is 13.0 Å². The Morgan fingerprint density at radius 1 is 1.44 bits per heavy atom. The van der Waals surface area contributed by atoms with E-state index in [-0.39, 0.29) is 0 Å². The summed E-state index contributed by atoms with van der Waals surface area (Å²) in [4.78, 5) is 21.6. The molecule has 16 heavy (non-hydrogen) atoms. The highest BCUT2D eigenvalue weighted by molar-refractivity contribution is 9.10. The minimum Gasteiger partial charge on any atom is -0.479 e. The van der Waals surface area contributed by atoms with Gasteiger partial charge in [-0.1, -0.05) is 22.0 Å². The molecule has 0 radical (unpaired) electrons. The molecule has 0 aliphatic rings. The van der Waals surface area contributed by atoms with Gasteiger partial charge in [0.2, 0.25) is 6.04 Å². The number of rotatable bonds is 4. The summed E-state index contributed by atoms with van der Waals surface area (Å²) in [5, 5.41) is 15.9. The number of hydrogen-bond acceptors (Lipinski definition) is 4. The normalized spacial score (nSPS) is 12.6. The molecule has 0 spiro atoms. The molecule has 6 heteroatoms. The Morgan fingerprint density at radius 2 is 2.12 bits per heavy atom. The van der Waals surface area contributed by atoms with Crippen LogP contribution in [0.5, 0.6) is 0 Å². The van der Waals surface area contributed by atoms with E-state index in [1.165, 1.54) is 6.92 Å². The summed E-state index contributed by atoms with van der Waals surface area (Å²) in [5.41, 5.74) is 0.488. The van der Waals surface area contributed by atoms with Crippen LogP contribution in [0.2, 0.25) is 0 Å². The topological polar surface area (TPSA) is 79.1 Å². The zero-order valence-electron chi connectivity index (χ0n) is 8.42. The lowest BCUT2D eigenvalue weighted by Gasteiger charge is -2.00. The molecule has 1 N–H and O–H groups in total. The molecule has 1 aromatic rings. The van der Waals surface area contributed by atoms with Gasteiger partial charge in [0.1, 0.15) is 0 Å². The Kier molecular flexibility index (Phi) is 4.30. The van der Waals surface area contributed by atoms with Gasteiger partial charge in [-0.05, 0) is 25.1 Å². The lowest BCUT2D eigenvalue weighted by atomic mass is 10.2. The fourth-order valence-electron chi connectivity index (χ4n) is 0.967. The predicted octanol–water partition coefficient (Wildman–Crippen LogP) is 2.58. The van der Waals surface area contributed by atoms with Crippen LogP contribution in [0.3, 0.4) is 0 Å². The van der Waals surface area contributed by atoms with Crippen LogP contribution in [0.15, 0.2) is 39.0 Å². The average Bonchev–Trinajstić information content (AvgIpc) is 2.16. The third kappa shape index (κ3) is 3.54. The Hall–Kier alpha value is -1.56. The van der Waals surface area contributed by atoms with Crippen molar-refractivity contribution in [3.8, 4) is 0 Å². The molecule has 0 saturated heterocycles. The predicted molar refractivity (Wildman–Crippen MR) is 60.8 cm³/mol. The van der Waals surface area contributed by atoms with E-state index < -0.39 is 17.8 Å². The zero-order chi connectivity index (χ0) is 12.1. The highest BCUT2D eigenvalue weighted by atomic mass is 79.9. The van der Waals surface area contributed by atoms with Crippen LogP contribution in [0.1, 0.15) is 6.92 Å². The second-order valence-corrected chi connectivity index (χ2v) is 3.96. The maximum Gasteiger partial charge on any atom is 0.338 e. The Bertz CT molecular complexity index is 431. The zero-order valence-corrected chi connectivity index (χ0v) is 10.0. The summed E-state index contributed by atoms with van der Waals surface area (Å²) < 4.78 is 0.804. The molecule has 0 fully saturated rings. The molecule has 1 rings (SSSR count). The van der Waals surface area contributed by atoms with Gasteiger partial charge in [-0.2, -0.15) is 10.2 Å². The molecule has 0 heterocycles. The molecular weight excluding hydrogens is 276 g/mol. The summed E-state index contributed by atoms with van der Waals surface area (Å²) in [6, 6.07) is 5.44. The number of carbonyl (C=O) groups excluding carboxylic acids is 1. The van der Waals surface area contributed by atoms with Crippen molar-refractivity contribution in [2.75, 3.05) is 0 Å². The van der Waals surface area contributed by atoms with Crippen LogP contribution >= 0.6 is 15.9 Å². The second kappa shape index (κ2) is 5.50. The third-order valence-electron chi connectivity index (χ3n) is 1.72. The maximum atomic E-state index is 10.9. The van der Waals surface area contributed by atoms with Gasteiger partial charge in [-0.3, -0.25) is 4.79 Å². The maximum absolute atomic E-state index is 10.9. The van der Waals surface area contributed by atoms with Crippen molar-refractivity contribution in [2.24, 2.45) is 10.2 Å². The van der Waals surface area contributed by atoms with E-state index in [2.05, 4.69) is 26.2 Å². The largest absolute Gasteiger partial charge is 0.479 e. The Morgan fingerprint density at radius 3 is 2.62 bits per heavy atom. The van der Waals surface area contributed by atoms with Crippen LogP contribution in [0.25, 0.3) is 0 Å². The molecule has 84 valence electrons. The van der Waals surface area contributed by atoms with Gasteiger partial charge < -0.3 is 5.11 Å². The first-order chi connectivity index (χ1) is 7.50. The van der Waals surface area contributed by atoms with Crippen LogP contribution in [-0.4, -0.2) is 22.9 Å². The molecular formula is C10H9BrN2O3. The van der Waals surface area contributed by atoms with Crippen molar-refractivity contribution >= 4 is 33.4 Å². The number of Topliss-reactive ketones (excluding diaryl/α,β-unsaturated/α-hetero) is 1. The quantitative estimate of drug-likeness (QED) is 0.682. The summed E-state index contributed by atoms with van der Waals surface area (Å²) in [5.74, 6) is -1.85. The molecule has 1 aromatic carbocycles. The second-order valence-electron chi connectivity index (χ2n) is 3.05. The number of halogens is 1. The van der Waals surface area contributed by atoms with Gasteiger partial charge in [0.05, 0.1) is 5.69 Å². The number of hydrogen-bond donors (Lipinski definition) is 1. The minimum absolute atomic E-state index is 0.488. The average molecular weight is 285 g/mol. The first-order valence-electron chi connectivity index (χ1n) is 4.40. The molecule has 0 saturated carbocycles. The lowest BCUT2D eigenvalue weighted by Crippen LogP contribution is -2.25. The number of carboxylic acid groups (broad SMARTS) is 1. The van der Waals surface area contributed by atoms with Crippen LogP contribution in [0.4, 0.5) is 5.69 Å². The number of benzene rings is 1. The van der Waals surface area contributed by atoms with E-state index in [4.69, 9.17) is 5.11 Å². The van der Waals surface area contributed by atoms with Crippen LogP contribution in [-0.2, 0) is 9.59 Å². The summed E-state index contributed by atoms with van der Waals surface area (Å²) in [6.07, 6.45) is 0. The lowest BCUT2D eigenvalue weighted by molar-refractivity contribution is -0.141. The number of carbonyl (C=O) groups is 2. The fraction of sp³-hybridized carbons (Fsp3) is 0.200. The Balaban J connectivity index is 2.86. The summed E-state index contributed by atoms with van der Waals surface area (Å²) in [7, 11) is 0. The van der Waals surface area contributed by atoms with Crippen LogP contribution in [0, 0.1) is 0 Å². The Labute approximate surface area is 100 Å². The standard InChI is InChI=1S/C10H9BrN2O3/c1-6(14)9(10(15)16)13-12-8-4-2-3-7(11)5-8/h2-5,9H,1H3,(H,15,16). The van der Waals surface area contributed by atoms with Gasteiger partial charge in [-0.15, -0.1) is 0 Å². The highest BCUT2D eigenvalue weighted by Crippen LogP contribution is 2.19.